The number of nitrogens with zero attached hydrogens (tertiary/aromatic N) is 1. The smallest absolute Gasteiger partial charge is 0.348 e. The quantitative estimate of drug-likeness (QED) is 0.559. The molecule has 3 aromatic rings. The summed E-state index contributed by atoms with van der Waals surface area (Å²) in [6.07, 6.45) is 1.61. The van der Waals surface area contributed by atoms with Crippen molar-refractivity contribution in [3.05, 3.63) is 58.4 Å². The van der Waals surface area contributed by atoms with Gasteiger partial charge in [-0.1, -0.05) is 0 Å². The van der Waals surface area contributed by atoms with E-state index in [0.29, 0.717) is 9.88 Å². The van der Waals surface area contributed by atoms with Crippen LogP contribution in [0.1, 0.15) is 34.5 Å². The van der Waals surface area contributed by atoms with Gasteiger partial charge < -0.3 is 14.5 Å². The van der Waals surface area contributed by atoms with Gasteiger partial charge in [-0.3, -0.25) is 4.79 Å². The topological polar surface area (TPSA) is 81.4 Å². The highest BCUT2D eigenvalue weighted by atomic mass is 32.1. The van der Waals surface area contributed by atoms with Gasteiger partial charge in [-0.25, -0.2) is 18.6 Å². The van der Waals surface area contributed by atoms with Gasteiger partial charge in [0.25, 0.3) is 0 Å². The molecule has 1 amide bonds. The molecule has 0 radical (unpaired) electrons. The van der Waals surface area contributed by atoms with Crippen molar-refractivity contribution in [1.82, 2.24) is 4.98 Å². The monoisotopic (exact) mass is 420 g/mol. The molecule has 1 aromatic carbocycles. The minimum absolute atomic E-state index is 0.0809. The molecule has 6 nitrogen and oxygen atoms in total. The zero-order chi connectivity index (χ0) is 21.0. The Morgan fingerprint density at radius 2 is 2.07 bits per heavy atom. The van der Waals surface area contributed by atoms with Crippen LogP contribution in [0.2, 0.25) is 0 Å². The first-order valence-electron chi connectivity index (χ1n) is 8.85. The Balaban J connectivity index is 1.58. The number of thiophene rings is 1. The highest BCUT2D eigenvalue weighted by Crippen LogP contribution is 2.28. The largest absolute Gasteiger partial charge is 0.462 e. The van der Waals surface area contributed by atoms with Crippen LogP contribution in [0.15, 0.2) is 34.9 Å². The fraction of sp³-hybridized carbons (Fsp3) is 0.250. The minimum Gasteiger partial charge on any atom is -0.462 e. The Morgan fingerprint density at radius 3 is 2.79 bits per heavy atom. The number of aromatic nitrogens is 1. The summed E-state index contributed by atoms with van der Waals surface area (Å²) in [7, 11) is 0. The number of aryl methyl sites for hydroxylation is 2. The molecule has 0 saturated carbocycles. The number of rotatable bonds is 7. The number of amides is 1. The van der Waals surface area contributed by atoms with Crippen LogP contribution in [0, 0.1) is 18.6 Å². The molecule has 152 valence electrons. The summed E-state index contributed by atoms with van der Waals surface area (Å²) in [6.45, 7) is 3.77. The Labute approximate surface area is 169 Å². The van der Waals surface area contributed by atoms with Crippen molar-refractivity contribution in [3.8, 4) is 11.3 Å². The van der Waals surface area contributed by atoms with Crippen molar-refractivity contribution in [3.63, 3.8) is 0 Å². The molecule has 1 N–H and O–H groups in total. The third-order valence-electron chi connectivity index (χ3n) is 3.96. The van der Waals surface area contributed by atoms with Crippen LogP contribution in [0.3, 0.4) is 0 Å². The van der Waals surface area contributed by atoms with Gasteiger partial charge in [0.1, 0.15) is 16.5 Å². The second-order valence-electron chi connectivity index (χ2n) is 6.13. The van der Waals surface area contributed by atoms with E-state index < -0.39 is 17.6 Å². The van der Waals surface area contributed by atoms with Crippen LogP contribution in [0.4, 0.5) is 13.8 Å². The molecule has 0 aliphatic carbocycles. The molecule has 2 heterocycles. The lowest BCUT2D eigenvalue weighted by Crippen LogP contribution is -2.11. The molecule has 29 heavy (non-hydrogen) atoms. The van der Waals surface area contributed by atoms with E-state index in [0.717, 1.165) is 29.0 Å². The molecule has 0 spiro atoms. The third kappa shape index (κ3) is 5.05. The summed E-state index contributed by atoms with van der Waals surface area (Å²) >= 11 is 1.14. The summed E-state index contributed by atoms with van der Waals surface area (Å²) in [6, 6.07) is 4.86. The van der Waals surface area contributed by atoms with E-state index in [4.69, 9.17) is 9.15 Å². The maximum absolute atomic E-state index is 13.8. The molecule has 9 heteroatoms. The number of halogens is 2. The number of oxazole rings is 1. The summed E-state index contributed by atoms with van der Waals surface area (Å²) in [5, 5.41) is 3.26. The normalized spacial score (nSPS) is 10.8. The number of carbonyl (C=O) groups is 2. The van der Waals surface area contributed by atoms with Crippen LogP contribution in [0.5, 0.6) is 0 Å². The minimum atomic E-state index is -0.754. The van der Waals surface area contributed by atoms with E-state index in [2.05, 4.69) is 10.3 Å². The predicted octanol–water partition coefficient (Wildman–Crippen LogP) is 4.74. The Morgan fingerprint density at radius 1 is 1.28 bits per heavy atom. The van der Waals surface area contributed by atoms with E-state index in [9.17, 15) is 18.4 Å². The van der Waals surface area contributed by atoms with Gasteiger partial charge in [0, 0.05) is 18.9 Å². The molecule has 0 fully saturated rings. The van der Waals surface area contributed by atoms with Crippen molar-refractivity contribution >= 4 is 28.2 Å². The second-order valence-corrected chi connectivity index (χ2v) is 7.19. The molecule has 0 bridgehead atoms. The Bertz CT molecular complexity index is 1050. The molecule has 0 atom stereocenters. The fourth-order valence-corrected chi connectivity index (χ4v) is 3.59. The summed E-state index contributed by atoms with van der Waals surface area (Å²) in [4.78, 5) is 28.5. The average Bonchev–Trinajstić information content (AvgIpc) is 3.27. The molecule has 3 rings (SSSR count). The Kier molecular flexibility index (Phi) is 6.38. The number of carbonyl (C=O) groups excluding carboxylic acids is 2. The maximum atomic E-state index is 13.8. The summed E-state index contributed by atoms with van der Waals surface area (Å²) in [5.74, 6) is -1.72. The molecule has 0 aliphatic heterocycles. The highest BCUT2D eigenvalue weighted by Gasteiger charge is 2.17. The van der Waals surface area contributed by atoms with Crippen molar-refractivity contribution in [2.24, 2.45) is 0 Å². The highest BCUT2D eigenvalue weighted by molar-refractivity contribution is 7.18. The number of esters is 1. The number of hydrogen-bond acceptors (Lipinski definition) is 6. The lowest BCUT2D eigenvalue weighted by atomic mass is 10.2. The van der Waals surface area contributed by atoms with Gasteiger partial charge in [0.15, 0.2) is 11.7 Å². The van der Waals surface area contributed by atoms with Crippen molar-refractivity contribution in [1.29, 1.82) is 0 Å². The first-order valence-corrected chi connectivity index (χ1v) is 9.66. The van der Waals surface area contributed by atoms with Crippen molar-refractivity contribution < 1.29 is 27.5 Å². The molecule has 0 saturated heterocycles. The number of ether oxygens (including phenoxy) is 1. The van der Waals surface area contributed by atoms with Crippen LogP contribution >= 0.6 is 11.3 Å². The second kappa shape index (κ2) is 8.95. The first-order chi connectivity index (χ1) is 13.9. The third-order valence-corrected chi connectivity index (χ3v) is 5.09. The van der Waals surface area contributed by atoms with Crippen LogP contribution < -0.4 is 5.32 Å². The zero-order valence-corrected chi connectivity index (χ0v) is 16.6. The Hall–Kier alpha value is -3.07. The molecule has 2 aromatic heterocycles. The van der Waals surface area contributed by atoms with Crippen LogP contribution in [-0.2, 0) is 16.0 Å². The fourth-order valence-electron chi connectivity index (χ4n) is 2.60. The van der Waals surface area contributed by atoms with Gasteiger partial charge >= 0.3 is 5.97 Å². The molecular weight excluding hydrogens is 402 g/mol. The van der Waals surface area contributed by atoms with E-state index >= 15 is 0 Å². The number of anilines is 1. The van der Waals surface area contributed by atoms with Crippen LogP contribution in [0.25, 0.3) is 11.3 Å². The van der Waals surface area contributed by atoms with Crippen LogP contribution in [-0.4, -0.2) is 23.5 Å². The first kappa shape index (κ1) is 20.7. The van der Waals surface area contributed by atoms with Gasteiger partial charge in [-0.15, -0.1) is 11.3 Å². The van der Waals surface area contributed by atoms with Gasteiger partial charge in [-0.2, -0.15) is 0 Å². The van der Waals surface area contributed by atoms with Crippen molar-refractivity contribution in [2.75, 3.05) is 11.9 Å². The van der Waals surface area contributed by atoms with E-state index in [1.54, 1.807) is 19.9 Å². The zero-order valence-electron chi connectivity index (χ0n) is 15.8. The molecule has 0 unspecified atom stereocenters. The van der Waals surface area contributed by atoms with Gasteiger partial charge in [0.05, 0.1) is 23.4 Å². The predicted molar refractivity (Wildman–Crippen MR) is 104 cm³/mol. The number of benzene rings is 1. The molecule has 0 aliphatic rings. The number of nitrogens with one attached hydrogen (secondary N) is 1. The maximum Gasteiger partial charge on any atom is 0.348 e. The number of hydrogen-bond donors (Lipinski definition) is 1. The SMILES string of the molecule is CCOC(=O)c1sc(NC(=O)CCc2ncc(-c3ccc(F)cc3F)o2)cc1C. The average molecular weight is 420 g/mol. The summed E-state index contributed by atoms with van der Waals surface area (Å²) in [5.41, 5.74) is 0.817. The summed E-state index contributed by atoms with van der Waals surface area (Å²) < 4.78 is 37.3. The standard InChI is InChI=1S/C20H18F2N2O4S/c1-3-27-20(26)19-11(2)8-18(29-19)24-16(25)6-7-17-23-10-15(28-17)13-5-4-12(21)9-14(13)22/h4-5,8-10H,3,6-7H2,1-2H3,(H,24,25). The van der Waals surface area contributed by atoms with Gasteiger partial charge in [0.2, 0.25) is 5.91 Å². The van der Waals surface area contributed by atoms with Crippen molar-refractivity contribution in [2.45, 2.75) is 26.7 Å². The molecular formula is C20H18F2N2O4S. The van der Waals surface area contributed by atoms with E-state index in [-0.39, 0.29) is 42.6 Å². The van der Waals surface area contributed by atoms with Gasteiger partial charge in [-0.05, 0) is 37.6 Å². The van der Waals surface area contributed by atoms with E-state index in [1.165, 1.54) is 12.3 Å². The lowest BCUT2D eigenvalue weighted by molar-refractivity contribution is -0.116. The lowest BCUT2D eigenvalue weighted by Gasteiger charge is -2.01. The van der Waals surface area contributed by atoms with E-state index in [1.807, 2.05) is 0 Å².